The number of fused-ring (bicyclic) bond motifs is 1. The van der Waals surface area contributed by atoms with E-state index in [9.17, 15) is 19.7 Å². The van der Waals surface area contributed by atoms with Crippen LogP contribution in [0.1, 0.15) is 5.56 Å². The molecule has 1 amide bonds. The number of ether oxygens (including phenoxy) is 2. The van der Waals surface area contributed by atoms with Gasteiger partial charge in [0.25, 0.3) is 11.6 Å². The average Bonchev–Trinajstić information content (AvgIpc) is 3.22. The van der Waals surface area contributed by atoms with Gasteiger partial charge in [-0.2, -0.15) is 0 Å². The van der Waals surface area contributed by atoms with Crippen molar-refractivity contribution in [3.8, 4) is 23.0 Å². The molecule has 0 saturated carbocycles. The first-order valence-electron chi connectivity index (χ1n) is 17.1. The zero-order valence-corrected chi connectivity index (χ0v) is 31.8. The van der Waals surface area contributed by atoms with Crippen molar-refractivity contribution in [3.63, 3.8) is 0 Å². The second kappa shape index (κ2) is 17.6. The molecule has 1 saturated heterocycles. The highest BCUT2D eigenvalue weighted by molar-refractivity contribution is 8.00. The highest BCUT2D eigenvalue weighted by atomic mass is 35.5. The van der Waals surface area contributed by atoms with Gasteiger partial charge in [-0.05, 0) is 66.2 Å². The average molecular weight is 813 g/mol. The van der Waals surface area contributed by atoms with Gasteiger partial charge in [0.2, 0.25) is 5.76 Å². The van der Waals surface area contributed by atoms with Crippen molar-refractivity contribution in [2.75, 3.05) is 12.4 Å². The lowest BCUT2D eigenvalue weighted by atomic mass is 10.1. The Kier molecular flexibility index (Phi) is 12.0. The Morgan fingerprint density at radius 2 is 1.27 bits per heavy atom. The lowest BCUT2D eigenvalue weighted by Gasteiger charge is -2.47. The number of nitro benzene ring substituents is 1. The maximum absolute atomic E-state index is 14.2. The summed E-state index contributed by atoms with van der Waals surface area (Å²) in [7, 11) is -4.06. The van der Waals surface area contributed by atoms with E-state index < -0.39 is 36.4 Å². The second-order valence-corrected chi connectivity index (χ2v) is 15.2. The predicted octanol–water partition coefficient (Wildman–Crippen LogP) is 8.78. The molecule has 7 rings (SSSR count). The molecule has 16 heteroatoms. The number of benzene rings is 5. The van der Waals surface area contributed by atoms with Crippen LogP contribution in [-0.2, 0) is 25.5 Å². The molecule has 0 bridgehead atoms. The molecule has 2 aliphatic heterocycles. The van der Waals surface area contributed by atoms with Gasteiger partial charge in [-0.15, -0.1) is 11.8 Å². The monoisotopic (exact) mass is 812 g/mol. The van der Waals surface area contributed by atoms with Gasteiger partial charge in [-0.1, -0.05) is 84.4 Å². The molecule has 0 aliphatic carbocycles. The maximum Gasteiger partial charge on any atom is 0.766 e. The first-order chi connectivity index (χ1) is 27.3. The zero-order valence-electron chi connectivity index (χ0n) is 29.3. The smallest absolute Gasteiger partial charge is 0.486 e. The minimum absolute atomic E-state index is 0.00892. The van der Waals surface area contributed by atoms with Crippen LogP contribution in [0.25, 0.3) is 0 Å². The summed E-state index contributed by atoms with van der Waals surface area (Å²) in [6.45, 7) is -0.335. The summed E-state index contributed by atoms with van der Waals surface area (Å²) < 4.78 is 37.6. The molecular formula is C40H32ClN3O10PS+. The highest BCUT2D eigenvalue weighted by Gasteiger charge is 2.61. The minimum atomic E-state index is -4.06. The van der Waals surface area contributed by atoms with Crippen molar-refractivity contribution in [2.45, 2.75) is 18.0 Å². The Bertz CT molecular complexity index is 2120. The lowest BCUT2D eigenvalue weighted by Crippen LogP contribution is -2.64. The molecule has 0 aromatic heterocycles. The van der Waals surface area contributed by atoms with Crippen LogP contribution < -0.4 is 18.3 Å². The van der Waals surface area contributed by atoms with Crippen LogP contribution in [-0.4, -0.2) is 50.6 Å². The Labute approximate surface area is 331 Å². The number of amides is 1. The number of aliphatic imine (C=N–C) groups is 1. The SMILES string of the molecule is O=C(OCc1ccc([N+](=O)[O-])cc1)C1=C(O[P+](Oc2ccccc2)(Oc2ccccc2)Oc2ccccc2)CS[C@@H]2[C@H](N=C(Cl)COc3ccccc3)C(=O)N12. The van der Waals surface area contributed by atoms with Gasteiger partial charge in [0.15, 0.2) is 29.0 Å². The molecular weight excluding hydrogens is 781 g/mol. The molecule has 0 spiro atoms. The van der Waals surface area contributed by atoms with E-state index in [0.29, 0.717) is 28.6 Å². The first kappa shape index (κ1) is 38.2. The van der Waals surface area contributed by atoms with Crippen LogP contribution in [0.5, 0.6) is 23.0 Å². The number of para-hydroxylation sites is 4. The third-order valence-electron chi connectivity index (χ3n) is 8.10. The fourth-order valence-corrected chi connectivity index (χ4v) is 8.74. The summed E-state index contributed by atoms with van der Waals surface area (Å²) in [6.07, 6.45) is 0. The molecule has 5 aromatic rings. The van der Waals surface area contributed by atoms with Crippen molar-refractivity contribution in [2.24, 2.45) is 4.99 Å². The number of β-lactam (4-membered cyclic amide) rings is 1. The van der Waals surface area contributed by atoms with E-state index in [1.807, 2.05) is 36.4 Å². The van der Waals surface area contributed by atoms with Crippen molar-refractivity contribution >= 4 is 54.3 Å². The van der Waals surface area contributed by atoms with Gasteiger partial charge in [0.05, 0.1) is 10.7 Å². The largest absolute Gasteiger partial charge is 0.766 e. The summed E-state index contributed by atoms with van der Waals surface area (Å²) in [5.74, 6) is 0.203. The number of carbonyl (C=O) groups is 2. The highest BCUT2D eigenvalue weighted by Crippen LogP contribution is 2.64. The third-order valence-corrected chi connectivity index (χ3v) is 11.3. The number of carbonyl (C=O) groups excluding carboxylic acids is 2. The summed E-state index contributed by atoms with van der Waals surface area (Å²) in [5.41, 5.74) is 0.148. The lowest BCUT2D eigenvalue weighted by molar-refractivity contribution is -0.384. The van der Waals surface area contributed by atoms with Crippen LogP contribution in [0, 0.1) is 10.1 Å². The van der Waals surface area contributed by atoms with E-state index in [1.165, 1.54) is 40.9 Å². The number of thioether (sulfide) groups is 1. The van der Waals surface area contributed by atoms with E-state index in [2.05, 4.69) is 4.99 Å². The normalized spacial score (nSPS) is 16.6. The fourth-order valence-electron chi connectivity index (χ4n) is 5.47. The molecule has 56 heavy (non-hydrogen) atoms. The Morgan fingerprint density at radius 3 is 1.77 bits per heavy atom. The van der Waals surface area contributed by atoms with Gasteiger partial charge < -0.3 is 9.47 Å². The molecule has 1 fully saturated rings. The summed E-state index contributed by atoms with van der Waals surface area (Å²) in [5, 5.41) is 10.6. The van der Waals surface area contributed by atoms with Crippen LogP contribution in [0.3, 0.4) is 0 Å². The van der Waals surface area contributed by atoms with Gasteiger partial charge in [0.1, 0.15) is 29.5 Å². The Hall–Kier alpha value is -6.08. The second-order valence-electron chi connectivity index (χ2n) is 12.0. The zero-order chi connectivity index (χ0) is 38.9. The van der Waals surface area contributed by atoms with Gasteiger partial charge in [-0.3, -0.25) is 24.8 Å². The summed E-state index contributed by atoms with van der Waals surface area (Å²) in [6, 6.07) is 39.9. The minimum Gasteiger partial charge on any atom is -0.486 e. The van der Waals surface area contributed by atoms with Gasteiger partial charge in [0, 0.05) is 12.1 Å². The van der Waals surface area contributed by atoms with Crippen molar-refractivity contribution in [1.29, 1.82) is 0 Å². The molecule has 0 radical (unpaired) electrons. The van der Waals surface area contributed by atoms with Crippen LogP contribution in [0.2, 0.25) is 0 Å². The molecule has 2 heterocycles. The predicted molar refractivity (Wildman–Crippen MR) is 211 cm³/mol. The van der Waals surface area contributed by atoms with Crippen molar-refractivity contribution in [3.05, 3.63) is 173 Å². The van der Waals surface area contributed by atoms with E-state index in [1.54, 1.807) is 84.9 Å². The number of hydrogen-bond donors (Lipinski definition) is 0. The Morgan fingerprint density at radius 1 is 0.768 bits per heavy atom. The molecule has 0 N–H and O–H groups in total. The van der Waals surface area contributed by atoms with E-state index in [0.717, 1.165) is 0 Å². The summed E-state index contributed by atoms with van der Waals surface area (Å²) in [4.78, 5) is 44.5. The van der Waals surface area contributed by atoms with Crippen LogP contribution >= 0.6 is 31.5 Å². The van der Waals surface area contributed by atoms with Crippen LogP contribution in [0.15, 0.2) is 162 Å². The third kappa shape index (κ3) is 9.23. The van der Waals surface area contributed by atoms with E-state index in [-0.39, 0.29) is 41.3 Å². The fraction of sp³-hybridized carbons (Fsp3) is 0.125. The summed E-state index contributed by atoms with van der Waals surface area (Å²) >= 11 is 7.74. The number of esters is 1. The molecule has 284 valence electrons. The number of nitrogens with zero attached hydrogens (tertiary/aromatic N) is 3. The number of non-ortho nitro benzene ring substituents is 1. The standard InChI is InChI=1S/C40H32ClN3O10PS/c41-35(26-49-30-13-5-1-6-14-30)42-36-38(45)43-37(40(46)50-25-28-21-23-29(24-22-28)44(47)48)34(27-56-39(36)43)54-55(51-31-15-7-2-8-16-31,52-32-17-9-3-10-18-32)53-33-19-11-4-12-20-33/h1-24,36,39H,25-27H2/q+1/t36-,39-/m1/s1. The Balaban J connectivity index is 1.24. The van der Waals surface area contributed by atoms with E-state index in [4.69, 9.17) is 39.2 Å². The topological polar surface area (TPSA) is 148 Å². The molecule has 2 aliphatic rings. The van der Waals surface area contributed by atoms with Crippen molar-refractivity contribution in [1.82, 2.24) is 4.90 Å². The first-order valence-corrected chi connectivity index (χ1v) is 20.0. The number of rotatable bonds is 16. The molecule has 2 atom stereocenters. The van der Waals surface area contributed by atoms with Gasteiger partial charge in [-0.25, -0.2) is 22.9 Å². The van der Waals surface area contributed by atoms with Crippen molar-refractivity contribution < 1.29 is 42.1 Å². The maximum atomic E-state index is 14.2. The molecule has 13 nitrogen and oxygen atoms in total. The van der Waals surface area contributed by atoms with Crippen LogP contribution in [0.4, 0.5) is 5.69 Å². The number of halogens is 1. The quantitative estimate of drug-likeness (QED) is 0.0235. The number of nitro groups is 1. The molecule has 0 unspecified atom stereocenters. The van der Waals surface area contributed by atoms with E-state index >= 15 is 0 Å². The van der Waals surface area contributed by atoms with Gasteiger partial charge >= 0.3 is 14.1 Å². The molecule has 5 aromatic carbocycles. The number of hydrogen-bond acceptors (Lipinski definition) is 12.